The molecule has 1 heterocycles. The summed E-state index contributed by atoms with van der Waals surface area (Å²) in [5.74, 6) is 0.246. The molecule has 1 aliphatic rings. The third-order valence-corrected chi connectivity index (χ3v) is 2.96. The van der Waals surface area contributed by atoms with E-state index in [1.54, 1.807) is 4.90 Å². The Balaban J connectivity index is 2.11. The fraction of sp³-hybridized carbons (Fsp3) is 0.909. The summed E-state index contributed by atoms with van der Waals surface area (Å²) >= 11 is 0. The zero-order chi connectivity index (χ0) is 11.1. The summed E-state index contributed by atoms with van der Waals surface area (Å²) in [7, 11) is 1.86. The summed E-state index contributed by atoms with van der Waals surface area (Å²) in [5.41, 5.74) is 5.40. The standard InChI is InChI=1S/C11H23N3O/c1-13(7-4-6-12)11(15)5-10-14-8-2-3-9-14/h2-10,12H2,1H3. The van der Waals surface area contributed by atoms with Gasteiger partial charge in [0.2, 0.25) is 5.91 Å². The van der Waals surface area contributed by atoms with Crippen LogP contribution in [0.5, 0.6) is 0 Å². The van der Waals surface area contributed by atoms with Crippen molar-refractivity contribution in [3.8, 4) is 0 Å². The number of carbonyl (C=O) groups excluding carboxylic acids is 1. The average Bonchev–Trinajstić information content (AvgIpc) is 2.75. The molecule has 0 spiro atoms. The lowest BCUT2D eigenvalue weighted by molar-refractivity contribution is -0.130. The van der Waals surface area contributed by atoms with E-state index in [9.17, 15) is 4.79 Å². The average molecular weight is 213 g/mol. The van der Waals surface area contributed by atoms with Crippen molar-refractivity contribution in [3.63, 3.8) is 0 Å². The van der Waals surface area contributed by atoms with Crippen LogP contribution in [0.3, 0.4) is 0 Å². The number of hydrogen-bond acceptors (Lipinski definition) is 3. The number of nitrogens with two attached hydrogens (primary N) is 1. The highest BCUT2D eigenvalue weighted by Crippen LogP contribution is 2.07. The molecular weight excluding hydrogens is 190 g/mol. The van der Waals surface area contributed by atoms with Crippen LogP contribution in [0.2, 0.25) is 0 Å². The topological polar surface area (TPSA) is 49.6 Å². The van der Waals surface area contributed by atoms with Gasteiger partial charge in [0.1, 0.15) is 0 Å². The molecule has 0 bridgehead atoms. The summed E-state index contributed by atoms with van der Waals surface area (Å²) in [5, 5.41) is 0. The van der Waals surface area contributed by atoms with Crippen molar-refractivity contribution in [1.29, 1.82) is 0 Å². The first kappa shape index (κ1) is 12.5. The van der Waals surface area contributed by atoms with Crippen molar-refractivity contribution in [2.24, 2.45) is 5.73 Å². The normalized spacial score (nSPS) is 16.9. The van der Waals surface area contributed by atoms with E-state index in [2.05, 4.69) is 4.90 Å². The Bertz CT molecular complexity index is 190. The van der Waals surface area contributed by atoms with E-state index < -0.39 is 0 Å². The number of amides is 1. The van der Waals surface area contributed by atoms with Gasteiger partial charge >= 0.3 is 0 Å². The Morgan fingerprint density at radius 1 is 1.40 bits per heavy atom. The molecule has 0 saturated carbocycles. The first-order valence-electron chi connectivity index (χ1n) is 5.90. The number of rotatable bonds is 6. The monoisotopic (exact) mass is 213 g/mol. The highest BCUT2D eigenvalue weighted by molar-refractivity contribution is 5.76. The van der Waals surface area contributed by atoms with Gasteiger partial charge in [-0.05, 0) is 38.9 Å². The van der Waals surface area contributed by atoms with Crippen LogP contribution in [0.25, 0.3) is 0 Å². The van der Waals surface area contributed by atoms with E-state index >= 15 is 0 Å². The lowest BCUT2D eigenvalue weighted by Crippen LogP contribution is -2.32. The maximum atomic E-state index is 11.7. The third kappa shape index (κ3) is 4.62. The van der Waals surface area contributed by atoms with Crippen LogP contribution < -0.4 is 5.73 Å². The molecule has 1 saturated heterocycles. The van der Waals surface area contributed by atoms with Gasteiger partial charge < -0.3 is 15.5 Å². The van der Waals surface area contributed by atoms with Crippen LogP contribution in [-0.4, -0.2) is 55.5 Å². The zero-order valence-electron chi connectivity index (χ0n) is 9.74. The van der Waals surface area contributed by atoms with Crippen molar-refractivity contribution in [1.82, 2.24) is 9.80 Å². The highest BCUT2D eigenvalue weighted by Gasteiger charge is 2.14. The van der Waals surface area contributed by atoms with Gasteiger partial charge in [-0.3, -0.25) is 4.79 Å². The van der Waals surface area contributed by atoms with Crippen LogP contribution in [-0.2, 0) is 4.79 Å². The summed E-state index contributed by atoms with van der Waals surface area (Å²) in [6.07, 6.45) is 4.13. The molecule has 0 atom stereocenters. The van der Waals surface area contributed by atoms with E-state index in [1.165, 1.54) is 25.9 Å². The van der Waals surface area contributed by atoms with Gasteiger partial charge in [-0.2, -0.15) is 0 Å². The van der Waals surface area contributed by atoms with Crippen molar-refractivity contribution in [2.75, 3.05) is 39.8 Å². The Morgan fingerprint density at radius 2 is 2.07 bits per heavy atom. The second-order valence-electron chi connectivity index (χ2n) is 4.26. The summed E-state index contributed by atoms with van der Waals surface area (Å²) in [6.45, 7) is 4.70. The molecule has 1 rings (SSSR count). The molecule has 0 aliphatic carbocycles. The number of carbonyl (C=O) groups is 1. The highest BCUT2D eigenvalue weighted by atomic mass is 16.2. The molecule has 15 heavy (non-hydrogen) atoms. The van der Waals surface area contributed by atoms with Crippen LogP contribution >= 0.6 is 0 Å². The largest absolute Gasteiger partial charge is 0.346 e. The Kier molecular flexibility index (Phi) is 5.65. The van der Waals surface area contributed by atoms with Crippen LogP contribution in [0.1, 0.15) is 25.7 Å². The van der Waals surface area contributed by atoms with Crippen LogP contribution in [0, 0.1) is 0 Å². The molecule has 1 fully saturated rings. The summed E-state index contributed by atoms with van der Waals surface area (Å²) in [4.78, 5) is 15.8. The second kappa shape index (κ2) is 6.80. The molecule has 0 radical (unpaired) electrons. The predicted octanol–water partition coefficient (Wildman–Crippen LogP) is 0.280. The minimum absolute atomic E-state index is 0.246. The Labute approximate surface area is 92.4 Å². The summed E-state index contributed by atoms with van der Waals surface area (Å²) in [6, 6.07) is 0. The summed E-state index contributed by atoms with van der Waals surface area (Å²) < 4.78 is 0. The second-order valence-corrected chi connectivity index (χ2v) is 4.26. The van der Waals surface area contributed by atoms with Crippen molar-refractivity contribution in [3.05, 3.63) is 0 Å². The van der Waals surface area contributed by atoms with E-state index in [0.717, 1.165) is 19.5 Å². The fourth-order valence-electron chi connectivity index (χ4n) is 1.90. The van der Waals surface area contributed by atoms with Crippen LogP contribution in [0.15, 0.2) is 0 Å². The van der Waals surface area contributed by atoms with E-state index in [1.807, 2.05) is 7.05 Å². The fourth-order valence-corrected chi connectivity index (χ4v) is 1.90. The van der Waals surface area contributed by atoms with Gasteiger partial charge in [-0.15, -0.1) is 0 Å². The molecule has 0 aromatic heterocycles. The molecule has 0 unspecified atom stereocenters. The molecule has 4 nitrogen and oxygen atoms in total. The molecule has 4 heteroatoms. The number of nitrogens with zero attached hydrogens (tertiary/aromatic N) is 2. The Morgan fingerprint density at radius 3 is 2.67 bits per heavy atom. The van der Waals surface area contributed by atoms with E-state index in [-0.39, 0.29) is 5.91 Å². The predicted molar refractivity (Wildman–Crippen MR) is 61.6 cm³/mol. The van der Waals surface area contributed by atoms with Gasteiger partial charge in [0.25, 0.3) is 0 Å². The molecule has 0 aromatic carbocycles. The zero-order valence-corrected chi connectivity index (χ0v) is 9.74. The molecule has 1 aliphatic heterocycles. The molecular formula is C11H23N3O. The van der Waals surface area contributed by atoms with E-state index in [0.29, 0.717) is 13.0 Å². The lowest BCUT2D eigenvalue weighted by atomic mass is 10.3. The number of hydrogen-bond donors (Lipinski definition) is 1. The SMILES string of the molecule is CN(CCCN)C(=O)CCN1CCCC1. The van der Waals surface area contributed by atoms with Gasteiger partial charge in [0.05, 0.1) is 0 Å². The maximum absolute atomic E-state index is 11.7. The van der Waals surface area contributed by atoms with Crippen molar-refractivity contribution >= 4 is 5.91 Å². The molecule has 88 valence electrons. The first-order valence-corrected chi connectivity index (χ1v) is 5.90. The lowest BCUT2D eigenvalue weighted by Gasteiger charge is -2.19. The third-order valence-electron chi connectivity index (χ3n) is 2.96. The van der Waals surface area contributed by atoms with Gasteiger partial charge in [0, 0.05) is 26.6 Å². The van der Waals surface area contributed by atoms with E-state index in [4.69, 9.17) is 5.73 Å². The molecule has 0 aromatic rings. The minimum Gasteiger partial charge on any atom is -0.346 e. The molecule has 1 amide bonds. The Hall–Kier alpha value is -0.610. The smallest absolute Gasteiger partial charge is 0.223 e. The van der Waals surface area contributed by atoms with Gasteiger partial charge in [-0.1, -0.05) is 0 Å². The quantitative estimate of drug-likeness (QED) is 0.689. The maximum Gasteiger partial charge on any atom is 0.223 e. The number of likely N-dealkylation sites (tertiary alicyclic amines) is 1. The first-order chi connectivity index (χ1) is 7.24. The van der Waals surface area contributed by atoms with Gasteiger partial charge in [0.15, 0.2) is 0 Å². The molecule has 2 N–H and O–H groups in total. The van der Waals surface area contributed by atoms with Crippen molar-refractivity contribution in [2.45, 2.75) is 25.7 Å². The van der Waals surface area contributed by atoms with Crippen LogP contribution in [0.4, 0.5) is 0 Å². The minimum atomic E-state index is 0.246. The van der Waals surface area contributed by atoms with Gasteiger partial charge in [-0.25, -0.2) is 0 Å². The van der Waals surface area contributed by atoms with Crippen molar-refractivity contribution < 1.29 is 4.79 Å².